The topological polar surface area (TPSA) is 122 Å². The molecule has 0 radical (unpaired) electrons. The average molecular weight is 539 g/mol. The molecule has 3 aromatic rings. The van der Waals surface area contributed by atoms with Crippen LogP contribution in [0.4, 0.5) is 5.69 Å². The molecule has 200 valence electrons. The second-order valence-electron chi connectivity index (χ2n) is 8.39. The summed E-state index contributed by atoms with van der Waals surface area (Å²) in [7, 11) is 2.45. The molecule has 11 heteroatoms. The quantitative estimate of drug-likeness (QED) is 0.213. The summed E-state index contributed by atoms with van der Waals surface area (Å²) in [6.07, 6.45) is 1.32. The lowest BCUT2D eigenvalue weighted by atomic mass is 10.1. The molecule has 0 bridgehead atoms. The minimum atomic E-state index is -0.650. The SMILES string of the molecule is C=CCn1c(SCC(=O)Nc2cc(C(=O)OC)cc(C(=O)OC)c2)nnc1C(C)Oc1ccc(C)cc1C. The summed E-state index contributed by atoms with van der Waals surface area (Å²) in [5.74, 6) is -0.322. The van der Waals surface area contributed by atoms with Crippen molar-refractivity contribution in [3.63, 3.8) is 0 Å². The number of allylic oxidation sites excluding steroid dienone is 1. The molecule has 38 heavy (non-hydrogen) atoms. The number of nitrogens with one attached hydrogen (secondary N) is 1. The Morgan fingerprint density at radius 3 is 2.29 bits per heavy atom. The van der Waals surface area contributed by atoms with Crippen LogP contribution in [-0.4, -0.2) is 52.6 Å². The van der Waals surface area contributed by atoms with E-state index in [0.717, 1.165) is 16.9 Å². The molecule has 3 rings (SSSR count). The molecule has 0 saturated heterocycles. The number of hydrogen-bond acceptors (Lipinski definition) is 9. The summed E-state index contributed by atoms with van der Waals surface area (Å²) < 4.78 is 17.5. The van der Waals surface area contributed by atoms with Gasteiger partial charge in [0.2, 0.25) is 5.91 Å². The van der Waals surface area contributed by atoms with Gasteiger partial charge in [-0.25, -0.2) is 9.59 Å². The molecule has 2 aromatic carbocycles. The fourth-order valence-corrected chi connectivity index (χ4v) is 4.44. The highest BCUT2D eigenvalue weighted by Crippen LogP contribution is 2.27. The van der Waals surface area contributed by atoms with Crippen LogP contribution < -0.4 is 10.1 Å². The number of thioether (sulfide) groups is 1. The van der Waals surface area contributed by atoms with Gasteiger partial charge in [-0.15, -0.1) is 16.8 Å². The number of methoxy groups -OCH3 is 2. The third-order valence-corrected chi connectivity index (χ3v) is 6.41. The van der Waals surface area contributed by atoms with Crippen molar-refractivity contribution >= 4 is 35.3 Å². The molecule has 1 atom stereocenters. The summed E-state index contributed by atoms with van der Waals surface area (Å²) in [6.45, 7) is 10.1. The summed E-state index contributed by atoms with van der Waals surface area (Å²) in [5, 5.41) is 11.8. The fourth-order valence-electron chi connectivity index (χ4n) is 3.68. The lowest BCUT2D eigenvalue weighted by molar-refractivity contribution is -0.113. The van der Waals surface area contributed by atoms with Gasteiger partial charge in [-0.1, -0.05) is 35.5 Å². The van der Waals surface area contributed by atoms with Gasteiger partial charge in [0.15, 0.2) is 17.1 Å². The molecule has 0 aliphatic carbocycles. The Morgan fingerprint density at radius 2 is 1.71 bits per heavy atom. The number of hydrogen-bond donors (Lipinski definition) is 1. The number of carbonyl (C=O) groups excluding carboxylic acids is 3. The summed E-state index contributed by atoms with van der Waals surface area (Å²) in [5.41, 5.74) is 2.62. The zero-order valence-electron chi connectivity index (χ0n) is 21.9. The average Bonchev–Trinajstić information content (AvgIpc) is 3.30. The van der Waals surface area contributed by atoms with Crippen molar-refractivity contribution in [2.75, 3.05) is 25.3 Å². The number of amides is 1. The standard InChI is InChI=1S/C27H30N4O6S/c1-7-10-31-24(18(4)37-22-9-8-16(2)11-17(22)3)29-30-27(31)38-15-23(32)28-21-13-19(25(33)35-5)12-20(14-21)26(34)36-6/h7-9,11-14,18H,1,10,15H2,2-6H3,(H,28,32). The molecule has 0 aliphatic rings. The first-order valence-corrected chi connectivity index (χ1v) is 12.7. The third kappa shape index (κ3) is 7.00. The van der Waals surface area contributed by atoms with Gasteiger partial charge in [0.1, 0.15) is 5.75 Å². The Morgan fingerprint density at radius 1 is 1.05 bits per heavy atom. The second kappa shape index (κ2) is 12.9. The maximum atomic E-state index is 12.7. The maximum absolute atomic E-state index is 12.7. The van der Waals surface area contributed by atoms with E-state index in [1.165, 1.54) is 44.2 Å². The van der Waals surface area contributed by atoms with Crippen LogP contribution in [0, 0.1) is 13.8 Å². The van der Waals surface area contributed by atoms with E-state index >= 15 is 0 Å². The molecule has 0 fully saturated rings. The Balaban J connectivity index is 1.73. The molecule has 0 spiro atoms. The highest BCUT2D eigenvalue weighted by molar-refractivity contribution is 7.99. The molecular weight excluding hydrogens is 508 g/mol. The van der Waals surface area contributed by atoms with Gasteiger partial charge in [-0.2, -0.15) is 0 Å². The monoisotopic (exact) mass is 538 g/mol. The normalized spacial score (nSPS) is 11.4. The van der Waals surface area contributed by atoms with Crippen molar-refractivity contribution < 1.29 is 28.6 Å². The van der Waals surface area contributed by atoms with Crippen molar-refractivity contribution in [3.05, 3.63) is 77.1 Å². The smallest absolute Gasteiger partial charge is 0.337 e. The highest BCUT2D eigenvalue weighted by Gasteiger charge is 2.21. The van der Waals surface area contributed by atoms with Crippen LogP contribution in [0.5, 0.6) is 5.75 Å². The molecule has 0 saturated carbocycles. The number of nitrogens with zero attached hydrogens (tertiary/aromatic N) is 3. The Kier molecular flexibility index (Phi) is 9.66. The lowest BCUT2D eigenvalue weighted by Gasteiger charge is -2.17. The van der Waals surface area contributed by atoms with E-state index in [9.17, 15) is 14.4 Å². The number of rotatable bonds is 11. The van der Waals surface area contributed by atoms with Crippen molar-refractivity contribution in [3.8, 4) is 5.75 Å². The van der Waals surface area contributed by atoms with Gasteiger partial charge in [-0.3, -0.25) is 9.36 Å². The minimum absolute atomic E-state index is 0.00239. The molecular formula is C27H30N4O6S. The van der Waals surface area contributed by atoms with Gasteiger partial charge in [-0.05, 0) is 50.6 Å². The maximum Gasteiger partial charge on any atom is 0.337 e. The number of aromatic nitrogens is 3. The number of anilines is 1. The van der Waals surface area contributed by atoms with E-state index in [4.69, 9.17) is 14.2 Å². The van der Waals surface area contributed by atoms with Crippen LogP contribution >= 0.6 is 11.8 Å². The van der Waals surface area contributed by atoms with Crippen molar-refractivity contribution in [2.24, 2.45) is 0 Å². The third-order valence-electron chi connectivity index (χ3n) is 5.45. The summed E-state index contributed by atoms with van der Waals surface area (Å²) >= 11 is 1.18. The zero-order chi connectivity index (χ0) is 27.8. The molecule has 1 unspecified atom stereocenters. The Hall–Kier alpha value is -4.12. The van der Waals surface area contributed by atoms with Crippen molar-refractivity contribution in [2.45, 2.75) is 38.6 Å². The number of carbonyl (C=O) groups is 3. The van der Waals surface area contributed by atoms with E-state index in [1.807, 2.05) is 43.5 Å². The van der Waals surface area contributed by atoms with Crippen molar-refractivity contribution in [1.29, 1.82) is 0 Å². The first-order chi connectivity index (χ1) is 18.2. The number of aryl methyl sites for hydroxylation is 2. The van der Waals surface area contributed by atoms with Crippen LogP contribution in [0.2, 0.25) is 0 Å². The Labute approximate surface area is 225 Å². The predicted molar refractivity (Wildman–Crippen MR) is 144 cm³/mol. The largest absolute Gasteiger partial charge is 0.482 e. The Bertz CT molecular complexity index is 1320. The van der Waals surface area contributed by atoms with E-state index < -0.39 is 18.0 Å². The van der Waals surface area contributed by atoms with Crippen LogP contribution in [0.1, 0.15) is 50.7 Å². The summed E-state index contributed by atoms with van der Waals surface area (Å²) in [4.78, 5) is 36.7. The van der Waals surface area contributed by atoms with Gasteiger partial charge in [0.25, 0.3) is 0 Å². The number of ether oxygens (including phenoxy) is 3. The van der Waals surface area contributed by atoms with Gasteiger partial charge in [0.05, 0.1) is 31.1 Å². The summed E-state index contributed by atoms with van der Waals surface area (Å²) in [6, 6.07) is 10.1. The highest BCUT2D eigenvalue weighted by atomic mass is 32.2. The molecule has 0 aliphatic heterocycles. The van der Waals surface area contributed by atoms with Gasteiger partial charge in [0, 0.05) is 12.2 Å². The van der Waals surface area contributed by atoms with Crippen LogP contribution in [-0.2, 0) is 20.8 Å². The van der Waals surface area contributed by atoms with Crippen LogP contribution in [0.25, 0.3) is 0 Å². The van der Waals surface area contributed by atoms with Crippen LogP contribution in [0.3, 0.4) is 0 Å². The lowest BCUT2D eigenvalue weighted by Crippen LogP contribution is -2.17. The van der Waals surface area contributed by atoms with E-state index in [1.54, 1.807) is 6.08 Å². The number of esters is 2. The fraction of sp³-hybridized carbons (Fsp3) is 0.296. The van der Waals surface area contributed by atoms with Crippen LogP contribution in [0.15, 0.2) is 54.2 Å². The first kappa shape index (κ1) is 28.5. The molecule has 1 N–H and O–H groups in total. The molecule has 1 heterocycles. The van der Waals surface area contributed by atoms with E-state index in [2.05, 4.69) is 22.1 Å². The zero-order valence-corrected chi connectivity index (χ0v) is 22.8. The van der Waals surface area contributed by atoms with E-state index in [-0.39, 0.29) is 28.5 Å². The first-order valence-electron chi connectivity index (χ1n) is 11.7. The van der Waals surface area contributed by atoms with Crippen molar-refractivity contribution in [1.82, 2.24) is 14.8 Å². The molecule has 1 aromatic heterocycles. The minimum Gasteiger partial charge on any atom is -0.482 e. The predicted octanol–water partition coefficient (Wildman–Crippen LogP) is 4.52. The van der Waals surface area contributed by atoms with Gasteiger partial charge >= 0.3 is 11.9 Å². The number of benzene rings is 2. The van der Waals surface area contributed by atoms with Gasteiger partial charge < -0.3 is 19.5 Å². The molecule has 10 nitrogen and oxygen atoms in total. The second-order valence-corrected chi connectivity index (χ2v) is 9.33. The van der Waals surface area contributed by atoms with E-state index in [0.29, 0.717) is 17.5 Å². The molecule has 1 amide bonds.